The molecule has 90 valence electrons. The lowest BCUT2D eigenvalue weighted by atomic mass is 10.1. The first-order chi connectivity index (χ1) is 8.06. The minimum atomic E-state index is -1.06. The highest BCUT2D eigenvalue weighted by Crippen LogP contribution is 2.23. The van der Waals surface area contributed by atoms with Crippen LogP contribution in [0.25, 0.3) is 0 Å². The number of rotatable bonds is 3. The van der Waals surface area contributed by atoms with E-state index in [1.54, 1.807) is 6.07 Å². The van der Waals surface area contributed by atoms with Gasteiger partial charge < -0.3 is 25.4 Å². The maximum atomic E-state index is 10.5. The smallest absolute Gasteiger partial charge is 0.405 e. The van der Waals surface area contributed by atoms with E-state index in [9.17, 15) is 14.9 Å². The Morgan fingerprint density at radius 3 is 2.94 bits per heavy atom. The average molecular weight is 238 g/mol. The van der Waals surface area contributed by atoms with E-state index in [0.717, 1.165) is 0 Å². The van der Waals surface area contributed by atoms with E-state index in [-0.39, 0.29) is 11.9 Å². The molecule has 0 atom stereocenters. The minimum absolute atomic E-state index is 0.125. The van der Waals surface area contributed by atoms with Crippen LogP contribution >= 0.6 is 0 Å². The minimum Gasteiger partial charge on any atom is -0.465 e. The molecule has 1 aromatic rings. The molecule has 1 amide bonds. The Kier molecular flexibility index (Phi) is 2.77. The Bertz CT molecular complexity index is 458. The largest absolute Gasteiger partial charge is 0.465 e. The quantitative estimate of drug-likeness (QED) is 0.584. The Morgan fingerprint density at radius 1 is 1.65 bits per heavy atom. The number of hydrogen-bond donors (Lipinski definition) is 2. The van der Waals surface area contributed by atoms with Crippen LogP contribution in [0.4, 0.5) is 16.3 Å². The first kappa shape index (κ1) is 11.1. The summed E-state index contributed by atoms with van der Waals surface area (Å²) in [6.07, 6.45) is 0.307. The number of amides is 1. The third-order valence-electron chi connectivity index (χ3n) is 2.49. The van der Waals surface area contributed by atoms with Gasteiger partial charge in [-0.05, 0) is 9.91 Å². The van der Waals surface area contributed by atoms with Crippen molar-refractivity contribution in [3.05, 3.63) is 28.4 Å². The van der Waals surface area contributed by atoms with Gasteiger partial charge in [0.25, 0.3) is 0 Å². The number of nitrogens with zero attached hydrogens (tertiary/aromatic N) is 3. The van der Waals surface area contributed by atoms with Crippen LogP contribution in [0, 0.1) is 10.1 Å². The molecular formula is C9H10N4O4. The lowest BCUT2D eigenvalue weighted by molar-refractivity contribution is -0.389. The number of carboxylic acid groups (broad SMARTS) is 1. The zero-order valence-corrected chi connectivity index (χ0v) is 8.74. The van der Waals surface area contributed by atoms with E-state index < -0.39 is 11.0 Å². The molecule has 0 bridgehead atoms. The summed E-state index contributed by atoms with van der Waals surface area (Å²) in [5.41, 5.74) is 0.676. The zero-order chi connectivity index (χ0) is 12.4. The first-order valence-corrected chi connectivity index (χ1v) is 4.91. The summed E-state index contributed by atoms with van der Waals surface area (Å²) >= 11 is 0. The summed E-state index contributed by atoms with van der Waals surface area (Å²) in [5.74, 6) is -0.211. The van der Waals surface area contributed by atoms with Crippen LogP contribution in [-0.4, -0.2) is 40.2 Å². The normalized spacial score (nSPS) is 15.2. The molecular weight excluding hydrogens is 228 g/mol. The van der Waals surface area contributed by atoms with Crippen LogP contribution in [0.15, 0.2) is 18.3 Å². The molecule has 0 radical (unpaired) electrons. The molecule has 17 heavy (non-hydrogen) atoms. The van der Waals surface area contributed by atoms with Crippen molar-refractivity contribution in [2.75, 3.05) is 18.0 Å². The van der Waals surface area contributed by atoms with E-state index in [1.807, 2.05) is 4.90 Å². The monoisotopic (exact) mass is 238 g/mol. The number of aromatic nitrogens is 1. The fourth-order valence-corrected chi connectivity index (χ4v) is 1.66. The van der Waals surface area contributed by atoms with E-state index >= 15 is 0 Å². The van der Waals surface area contributed by atoms with Crippen molar-refractivity contribution in [3.8, 4) is 0 Å². The lowest BCUT2D eigenvalue weighted by Crippen LogP contribution is -2.59. The van der Waals surface area contributed by atoms with Gasteiger partial charge in [-0.15, -0.1) is 0 Å². The summed E-state index contributed by atoms with van der Waals surface area (Å²) < 4.78 is 0. The van der Waals surface area contributed by atoms with Crippen molar-refractivity contribution in [1.82, 2.24) is 10.3 Å². The van der Waals surface area contributed by atoms with Gasteiger partial charge in [-0.3, -0.25) is 0 Å². The molecule has 0 unspecified atom stereocenters. The Balaban J connectivity index is 1.99. The molecule has 0 spiro atoms. The van der Waals surface area contributed by atoms with Crippen LogP contribution in [-0.2, 0) is 0 Å². The van der Waals surface area contributed by atoms with Gasteiger partial charge in [0.05, 0.1) is 12.1 Å². The zero-order valence-electron chi connectivity index (χ0n) is 8.74. The number of anilines is 1. The molecule has 1 aliphatic heterocycles. The van der Waals surface area contributed by atoms with E-state index in [1.165, 1.54) is 12.3 Å². The van der Waals surface area contributed by atoms with Crippen LogP contribution in [0.3, 0.4) is 0 Å². The van der Waals surface area contributed by atoms with Crippen molar-refractivity contribution >= 4 is 17.6 Å². The highest BCUT2D eigenvalue weighted by atomic mass is 16.6. The highest BCUT2D eigenvalue weighted by molar-refractivity contribution is 5.66. The SMILES string of the molecule is O=C(O)NC1CN(c2ccnc([N+](=O)[O-])c2)C1. The number of nitro groups is 1. The van der Waals surface area contributed by atoms with Crippen LogP contribution < -0.4 is 10.2 Å². The molecule has 0 saturated carbocycles. The second kappa shape index (κ2) is 4.24. The summed E-state index contributed by atoms with van der Waals surface area (Å²) in [6.45, 7) is 1.01. The number of hydrogen-bond acceptors (Lipinski definition) is 5. The third-order valence-corrected chi connectivity index (χ3v) is 2.49. The summed E-state index contributed by atoms with van der Waals surface area (Å²) in [5, 5.41) is 21.4. The predicted octanol–water partition coefficient (Wildman–Crippen LogP) is 0.446. The molecule has 0 aliphatic carbocycles. The molecule has 2 heterocycles. The van der Waals surface area contributed by atoms with Gasteiger partial charge in [-0.2, -0.15) is 0 Å². The highest BCUT2D eigenvalue weighted by Gasteiger charge is 2.29. The van der Waals surface area contributed by atoms with Crippen LogP contribution in [0.1, 0.15) is 0 Å². The lowest BCUT2D eigenvalue weighted by Gasteiger charge is -2.40. The molecule has 1 aliphatic rings. The van der Waals surface area contributed by atoms with Gasteiger partial charge in [0.2, 0.25) is 0 Å². The second-order valence-corrected chi connectivity index (χ2v) is 3.68. The molecule has 2 rings (SSSR count). The Morgan fingerprint density at radius 2 is 2.35 bits per heavy atom. The maximum Gasteiger partial charge on any atom is 0.405 e. The molecule has 1 aromatic heterocycles. The van der Waals surface area contributed by atoms with Crippen molar-refractivity contribution < 1.29 is 14.8 Å². The van der Waals surface area contributed by atoms with Crippen LogP contribution in [0.2, 0.25) is 0 Å². The van der Waals surface area contributed by atoms with Crippen molar-refractivity contribution in [1.29, 1.82) is 0 Å². The molecule has 8 nitrogen and oxygen atoms in total. The number of carbonyl (C=O) groups is 1. The first-order valence-electron chi connectivity index (χ1n) is 4.91. The molecule has 8 heteroatoms. The van der Waals surface area contributed by atoms with Gasteiger partial charge in [0, 0.05) is 24.8 Å². The van der Waals surface area contributed by atoms with Gasteiger partial charge in [-0.1, -0.05) is 0 Å². The average Bonchev–Trinajstić information content (AvgIpc) is 2.22. The van der Waals surface area contributed by atoms with Gasteiger partial charge in [0.1, 0.15) is 6.20 Å². The van der Waals surface area contributed by atoms with Crippen molar-refractivity contribution in [2.45, 2.75) is 6.04 Å². The maximum absolute atomic E-state index is 10.5. The summed E-state index contributed by atoms with van der Waals surface area (Å²) in [4.78, 5) is 25.8. The van der Waals surface area contributed by atoms with Crippen molar-refractivity contribution in [2.24, 2.45) is 0 Å². The van der Waals surface area contributed by atoms with E-state index in [0.29, 0.717) is 18.8 Å². The van der Waals surface area contributed by atoms with Crippen molar-refractivity contribution in [3.63, 3.8) is 0 Å². The topological polar surface area (TPSA) is 109 Å². The van der Waals surface area contributed by atoms with Crippen LogP contribution in [0.5, 0.6) is 0 Å². The van der Waals surface area contributed by atoms with Gasteiger partial charge in [-0.25, -0.2) is 4.79 Å². The Labute approximate surface area is 96.0 Å². The molecule has 2 N–H and O–H groups in total. The van der Waals surface area contributed by atoms with E-state index in [2.05, 4.69) is 10.3 Å². The third kappa shape index (κ3) is 2.41. The fourth-order valence-electron chi connectivity index (χ4n) is 1.66. The van der Waals surface area contributed by atoms with E-state index in [4.69, 9.17) is 5.11 Å². The fraction of sp³-hybridized carbons (Fsp3) is 0.333. The summed E-state index contributed by atoms with van der Waals surface area (Å²) in [7, 11) is 0. The standard InChI is InChI=1S/C9H10N4O4/c14-9(15)11-6-4-12(5-6)7-1-2-10-8(3-7)13(16)17/h1-3,6,11H,4-5H2,(H,14,15). The number of nitrogens with one attached hydrogen (secondary N) is 1. The van der Waals surface area contributed by atoms with Gasteiger partial charge in [0.15, 0.2) is 0 Å². The van der Waals surface area contributed by atoms with Gasteiger partial charge >= 0.3 is 11.9 Å². The second-order valence-electron chi connectivity index (χ2n) is 3.68. The Hall–Kier alpha value is -2.38. The molecule has 1 saturated heterocycles. The number of pyridine rings is 1. The predicted molar refractivity (Wildman–Crippen MR) is 58.1 cm³/mol. The molecule has 0 aromatic carbocycles. The molecule has 1 fully saturated rings. The summed E-state index contributed by atoms with van der Waals surface area (Å²) in [6, 6.07) is 2.90.